The molecule has 2 rings (SSSR count). The molecule has 0 spiro atoms. The normalized spacial score (nSPS) is 9.92. The molecular weight excluding hydrogens is 150 g/mol. The van der Waals surface area contributed by atoms with Gasteiger partial charge in [-0.2, -0.15) is 5.26 Å². The highest BCUT2D eigenvalue weighted by atomic mass is 14.7. The van der Waals surface area contributed by atoms with Crippen LogP contribution in [-0.2, 0) is 6.42 Å². The van der Waals surface area contributed by atoms with Crippen molar-refractivity contribution >= 4 is 10.9 Å². The van der Waals surface area contributed by atoms with Crippen molar-refractivity contribution in [1.29, 1.82) is 5.26 Å². The molecule has 0 fully saturated rings. The molecule has 0 aliphatic heterocycles. The SMILES string of the molecule is N#CCc1c[nH]c2ccncc12. The largest absolute Gasteiger partial charge is 0.361 e. The van der Waals surface area contributed by atoms with Gasteiger partial charge in [0.25, 0.3) is 0 Å². The molecule has 0 saturated heterocycles. The van der Waals surface area contributed by atoms with Crippen molar-refractivity contribution in [2.45, 2.75) is 6.42 Å². The first-order valence-corrected chi connectivity index (χ1v) is 3.69. The van der Waals surface area contributed by atoms with Gasteiger partial charge in [0.2, 0.25) is 0 Å². The zero-order valence-corrected chi connectivity index (χ0v) is 6.41. The number of nitriles is 1. The van der Waals surface area contributed by atoms with Gasteiger partial charge < -0.3 is 4.98 Å². The van der Waals surface area contributed by atoms with Gasteiger partial charge in [-0.05, 0) is 11.6 Å². The van der Waals surface area contributed by atoms with Gasteiger partial charge in [0.1, 0.15) is 0 Å². The molecule has 58 valence electrons. The summed E-state index contributed by atoms with van der Waals surface area (Å²) in [5, 5.41) is 9.55. The second-order valence-electron chi connectivity index (χ2n) is 2.57. The standard InChI is InChI=1S/C9H7N3/c10-3-1-7-5-12-9-2-4-11-6-8(7)9/h2,4-6,12H,1H2. The van der Waals surface area contributed by atoms with Gasteiger partial charge in [-0.3, -0.25) is 4.98 Å². The van der Waals surface area contributed by atoms with E-state index in [0.29, 0.717) is 6.42 Å². The molecule has 0 atom stereocenters. The minimum Gasteiger partial charge on any atom is -0.361 e. The van der Waals surface area contributed by atoms with E-state index >= 15 is 0 Å². The summed E-state index contributed by atoms with van der Waals surface area (Å²) in [6.07, 6.45) is 5.80. The topological polar surface area (TPSA) is 52.5 Å². The minimum atomic E-state index is 0.436. The number of aromatic nitrogens is 2. The summed E-state index contributed by atoms with van der Waals surface area (Å²) in [6.45, 7) is 0. The number of nitrogens with one attached hydrogen (secondary N) is 1. The molecular formula is C9H7N3. The maximum Gasteiger partial charge on any atom is 0.0670 e. The van der Waals surface area contributed by atoms with Crippen LogP contribution in [-0.4, -0.2) is 9.97 Å². The Morgan fingerprint density at radius 2 is 2.50 bits per heavy atom. The van der Waals surface area contributed by atoms with Crippen molar-refractivity contribution in [3.63, 3.8) is 0 Å². The molecule has 0 aromatic carbocycles. The van der Waals surface area contributed by atoms with Crippen molar-refractivity contribution in [2.24, 2.45) is 0 Å². The van der Waals surface area contributed by atoms with E-state index in [1.807, 2.05) is 12.3 Å². The van der Waals surface area contributed by atoms with Gasteiger partial charge in [-0.1, -0.05) is 0 Å². The van der Waals surface area contributed by atoms with Crippen LogP contribution in [0.4, 0.5) is 0 Å². The fourth-order valence-electron chi connectivity index (χ4n) is 1.25. The lowest BCUT2D eigenvalue weighted by molar-refractivity contribution is 1.27. The van der Waals surface area contributed by atoms with Gasteiger partial charge in [-0.15, -0.1) is 0 Å². The molecule has 0 aliphatic carbocycles. The summed E-state index contributed by atoms with van der Waals surface area (Å²) in [5.74, 6) is 0. The average molecular weight is 157 g/mol. The van der Waals surface area contributed by atoms with E-state index in [9.17, 15) is 0 Å². The highest BCUT2D eigenvalue weighted by molar-refractivity contribution is 5.82. The van der Waals surface area contributed by atoms with Gasteiger partial charge in [0.15, 0.2) is 0 Å². The van der Waals surface area contributed by atoms with Crippen LogP contribution in [0.3, 0.4) is 0 Å². The Kier molecular flexibility index (Phi) is 1.52. The van der Waals surface area contributed by atoms with Crippen LogP contribution >= 0.6 is 0 Å². The van der Waals surface area contributed by atoms with Crippen LogP contribution in [0.15, 0.2) is 24.7 Å². The second kappa shape index (κ2) is 2.67. The zero-order valence-electron chi connectivity index (χ0n) is 6.41. The maximum atomic E-state index is 8.51. The van der Waals surface area contributed by atoms with Crippen molar-refractivity contribution in [2.75, 3.05) is 0 Å². The Hall–Kier alpha value is -1.82. The number of rotatable bonds is 1. The summed E-state index contributed by atoms with van der Waals surface area (Å²) in [7, 11) is 0. The molecule has 3 heteroatoms. The molecule has 0 radical (unpaired) electrons. The fourth-order valence-corrected chi connectivity index (χ4v) is 1.25. The van der Waals surface area contributed by atoms with E-state index in [1.54, 1.807) is 12.4 Å². The van der Waals surface area contributed by atoms with Gasteiger partial charge in [-0.25, -0.2) is 0 Å². The van der Waals surface area contributed by atoms with Crippen molar-refractivity contribution < 1.29 is 0 Å². The summed E-state index contributed by atoms with van der Waals surface area (Å²) in [5.41, 5.74) is 2.05. The highest BCUT2D eigenvalue weighted by Crippen LogP contribution is 2.16. The fraction of sp³-hybridized carbons (Fsp3) is 0.111. The molecule has 2 heterocycles. The molecule has 1 N–H and O–H groups in total. The first-order chi connectivity index (χ1) is 5.92. The third-order valence-electron chi connectivity index (χ3n) is 1.84. The number of nitrogens with zero attached hydrogens (tertiary/aromatic N) is 2. The molecule has 0 unspecified atom stereocenters. The summed E-state index contributed by atoms with van der Waals surface area (Å²) in [6, 6.07) is 4.01. The van der Waals surface area contributed by atoms with E-state index in [2.05, 4.69) is 16.0 Å². The van der Waals surface area contributed by atoms with Crippen LogP contribution in [0.2, 0.25) is 0 Å². The highest BCUT2D eigenvalue weighted by Gasteiger charge is 2.00. The van der Waals surface area contributed by atoms with E-state index in [0.717, 1.165) is 16.5 Å². The van der Waals surface area contributed by atoms with Crippen LogP contribution in [0, 0.1) is 11.3 Å². The maximum absolute atomic E-state index is 8.51. The summed E-state index contributed by atoms with van der Waals surface area (Å²) < 4.78 is 0. The third kappa shape index (κ3) is 0.940. The molecule has 0 aliphatic rings. The van der Waals surface area contributed by atoms with Crippen molar-refractivity contribution in [3.05, 3.63) is 30.2 Å². The number of hydrogen-bond donors (Lipinski definition) is 1. The van der Waals surface area contributed by atoms with Crippen molar-refractivity contribution in [3.8, 4) is 6.07 Å². The van der Waals surface area contributed by atoms with Crippen LogP contribution in [0.1, 0.15) is 5.56 Å². The summed E-state index contributed by atoms with van der Waals surface area (Å²) in [4.78, 5) is 7.08. The van der Waals surface area contributed by atoms with E-state index in [4.69, 9.17) is 5.26 Å². The molecule has 12 heavy (non-hydrogen) atoms. The molecule has 2 aromatic rings. The number of hydrogen-bond acceptors (Lipinski definition) is 2. The Labute approximate surface area is 69.7 Å². The summed E-state index contributed by atoms with van der Waals surface area (Å²) >= 11 is 0. The Bertz CT molecular complexity index is 436. The molecule has 2 aromatic heterocycles. The predicted octanol–water partition coefficient (Wildman–Crippen LogP) is 1.63. The van der Waals surface area contributed by atoms with Gasteiger partial charge in [0.05, 0.1) is 12.5 Å². The number of pyridine rings is 1. The van der Waals surface area contributed by atoms with Crippen LogP contribution in [0.25, 0.3) is 10.9 Å². The molecule has 3 nitrogen and oxygen atoms in total. The quantitative estimate of drug-likeness (QED) is 0.684. The lowest BCUT2D eigenvalue weighted by atomic mass is 10.2. The van der Waals surface area contributed by atoms with Crippen molar-refractivity contribution in [1.82, 2.24) is 9.97 Å². The molecule has 0 bridgehead atoms. The van der Waals surface area contributed by atoms with E-state index in [1.165, 1.54) is 0 Å². The van der Waals surface area contributed by atoms with Crippen LogP contribution in [0.5, 0.6) is 0 Å². The van der Waals surface area contributed by atoms with Crippen LogP contribution < -0.4 is 0 Å². The first kappa shape index (κ1) is 6.86. The smallest absolute Gasteiger partial charge is 0.0670 e. The minimum absolute atomic E-state index is 0.436. The number of fused-ring (bicyclic) bond motifs is 1. The Morgan fingerprint density at radius 3 is 3.33 bits per heavy atom. The van der Waals surface area contributed by atoms with E-state index < -0.39 is 0 Å². The monoisotopic (exact) mass is 157 g/mol. The lowest BCUT2D eigenvalue weighted by Crippen LogP contribution is -1.77. The van der Waals surface area contributed by atoms with Gasteiger partial charge >= 0.3 is 0 Å². The number of aromatic amines is 1. The second-order valence-corrected chi connectivity index (χ2v) is 2.57. The Balaban J connectivity index is 2.64. The predicted molar refractivity (Wildman–Crippen MR) is 45.4 cm³/mol. The average Bonchev–Trinajstić information content (AvgIpc) is 2.50. The number of H-pyrrole nitrogens is 1. The van der Waals surface area contributed by atoms with E-state index in [-0.39, 0.29) is 0 Å². The molecule has 0 amide bonds. The lowest BCUT2D eigenvalue weighted by Gasteiger charge is -1.88. The zero-order chi connectivity index (χ0) is 8.39. The van der Waals surface area contributed by atoms with Gasteiger partial charge in [0, 0.05) is 29.5 Å². The Morgan fingerprint density at radius 1 is 1.58 bits per heavy atom. The third-order valence-corrected chi connectivity index (χ3v) is 1.84. The molecule has 0 saturated carbocycles. The first-order valence-electron chi connectivity index (χ1n) is 3.69.